The van der Waals surface area contributed by atoms with Gasteiger partial charge < -0.3 is 13.4 Å². The molecule has 1 saturated carbocycles. The summed E-state index contributed by atoms with van der Waals surface area (Å²) in [6.07, 6.45) is 6.31. The Balaban J connectivity index is 0.00000192. The van der Waals surface area contributed by atoms with Gasteiger partial charge in [-0.2, -0.15) is 5.66 Å². The molecule has 114 valence electrons. The number of carbonyl (C=O) groups excluding carboxylic acids is 1. The van der Waals surface area contributed by atoms with Crippen LogP contribution in [-0.2, 0) is 0 Å². The molecule has 0 unspecified atom stereocenters. The van der Waals surface area contributed by atoms with Crippen LogP contribution in [0.3, 0.4) is 0 Å². The van der Waals surface area contributed by atoms with Crippen LogP contribution in [0.4, 0.5) is 0 Å². The molecular formula is C20H22LiOP. The van der Waals surface area contributed by atoms with Crippen molar-refractivity contribution in [3.8, 4) is 11.1 Å². The van der Waals surface area contributed by atoms with E-state index in [-0.39, 0.29) is 18.9 Å². The summed E-state index contributed by atoms with van der Waals surface area (Å²) in [7, 11) is 0.995. The van der Waals surface area contributed by atoms with Gasteiger partial charge in [-0.1, -0.05) is 80.6 Å². The van der Waals surface area contributed by atoms with Gasteiger partial charge >= 0.3 is 18.9 Å². The molecule has 0 aliphatic heterocycles. The van der Waals surface area contributed by atoms with Crippen molar-refractivity contribution >= 4 is 14.1 Å². The maximum Gasteiger partial charge on any atom is 1.00 e. The second kappa shape index (κ2) is 8.84. The normalized spacial score (nSPS) is 15.5. The summed E-state index contributed by atoms with van der Waals surface area (Å²) in [4.78, 5) is 12.9. The Bertz CT molecular complexity index is 648. The molecule has 0 aromatic heterocycles. The van der Waals surface area contributed by atoms with Crippen molar-refractivity contribution in [3.63, 3.8) is 0 Å². The van der Waals surface area contributed by atoms with Crippen LogP contribution in [0.25, 0.3) is 11.1 Å². The molecule has 0 amide bonds. The Labute approximate surface area is 153 Å². The van der Waals surface area contributed by atoms with Crippen molar-refractivity contribution in [2.24, 2.45) is 0 Å². The van der Waals surface area contributed by atoms with Crippen LogP contribution in [0.15, 0.2) is 48.5 Å². The van der Waals surface area contributed by atoms with Crippen LogP contribution < -0.4 is 18.9 Å². The van der Waals surface area contributed by atoms with Crippen LogP contribution >= 0.6 is 8.58 Å². The fraction of sp³-hybridized carbons (Fsp3) is 0.350. The first kappa shape index (κ1) is 18.5. The van der Waals surface area contributed by atoms with E-state index in [2.05, 4.69) is 31.2 Å². The van der Waals surface area contributed by atoms with Crippen molar-refractivity contribution < 1.29 is 23.7 Å². The van der Waals surface area contributed by atoms with Crippen molar-refractivity contribution in [1.82, 2.24) is 0 Å². The average molecular weight is 316 g/mol. The topological polar surface area (TPSA) is 17.1 Å². The van der Waals surface area contributed by atoms with Crippen molar-refractivity contribution in [2.75, 3.05) is 0 Å². The second-order valence-corrected chi connectivity index (χ2v) is 7.48. The van der Waals surface area contributed by atoms with Crippen molar-refractivity contribution in [3.05, 3.63) is 59.7 Å². The number of aryl methyl sites for hydroxylation is 1. The summed E-state index contributed by atoms with van der Waals surface area (Å²) >= 11 is 0. The zero-order valence-electron chi connectivity index (χ0n) is 14.1. The van der Waals surface area contributed by atoms with Crippen molar-refractivity contribution in [1.29, 1.82) is 0 Å². The summed E-state index contributed by atoms with van der Waals surface area (Å²) in [6.45, 7) is 2.05. The van der Waals surface area contributed by atoms with Gasteiger partial charge in [0.25, 0.3) is 0 Å². The number of hydrogen-bond acceptors (Lipinski definition) is 1. The minimum absolute atomic E-state index is 0. The van der Waals surface area contributed by atoms with Gasteiger partial charge in [0.1, 0.15) is 0 Å². The maximum atomic E-state index is 12.9. The van der Waals surface area contributed by atoms with Crippen LogP contribution in [0.1, 0.15) is 48.0 Å². The summed E-state index contributed by atoms with van der Waals surface area (Å²) in [5.74, 6) is 0. The summed E-state index contributed by atoms with van der Waals surface area (Å²) < 4.78 is 0. The first-order chi connectivity index (χ1) is 10.8. The van der Waals surface area contributed by atoms with Gasteiger partial charge in [-0.05, 0) is 29.2 Å². The number of benzene rings is 2. The SMILES string of the molecule is Cc1cccc(-c2ccccc2)c1C(=O)[P-]C1CCCCC1.[Li+]. The number of rotatable bonds is 4. The van der Waals surface area contributed by atoms with Crippen LogP contribution in [0.5, 0.6) is 0 Å². The predicted molar refractivity (Wildman–Crippen MR) is 94.7 cm³/mol. The molecule has 0 bridgehead atoms. The molecule has 2 aromatic carbocycles. The fourth-order valence-corrected chi connectivity index (χ4v) is 4.63. The Kier molecular flexibility index (Phi) is 7.10. The summed E-state index contributed by atoms with van der Waals surface area (Å²) in [6, 6.07) is 16.4. The zero-order valence-corrected chi connectivity index (χ0v) is 15.0. The molecule has 3 rings (SSSR count). The van der Waals surface area contributed by atoms with Crippen LogP contribution in [-0.4, -0.2) is 11.2 Å². The zero-order chi connectivity index (χ0) is 15.4. The van der Waals surface area contributed by atoms with Gasteiger partial charge in [0.05, 0.1) is 0 Å². The molecule has 1 nitrogen and oxygen atoms in total. The third-order valence-electron chi connectivity index (χ3n) is 4.45. The Hall–Kier alpha value is -0.863. The minimum Gasteiger partial charge on any atom is -0.456 e. The molecule has 2 aromatic rings. The largest absolute Gasteiger partial charge is 1.00 e. The van der Waals surface area contributed by atoms with Crippen molar-refractivity contribution in [2.45, 2.75) is 44.7 Å². The smallest absolute Gasteiger partial charge is 0.456 e. The maximum absolute atomic E-state index is 12.9. The van der Waals surface area contributed by atoms with E-state index in [1.165, 1.54) is 32.1 Å². The number of hydrogen-bond donors (Lipinski definition) is 0. The molecular weight excluding hydrogens is 294 g/mol. The summed E-state index contributed by atoms with van der Waals surface area (Å²) in [5.41, 5.74) is 5.08. The Morgan fingerprint density at radius 3 is 2.35 bits per heavy atom. The molecule has 3 heteroatoms. The molecule has 0 atom stereocenters. The third-order valence-corrected chi connectivity index (χ3v) is 5.79. The fourth-order valence-electron chi connectivity index (χ4n) is 3.25. The first-order valence-electron chi connectivity index (χ1n) is 8.16. The van der Waals surface area contributed by atoms with Gasteiger partial charge in [-0.25, -0.2) is 0 Å². The van der Waals surface area contributed by atoms with E-state index in [1.54, 1.807) is 0 Å². The molecule has 0 spiro atoms. The van der Waals surface area contributed by atoms with E-state index in [4.69, 9.17) is 0 Å². The molecule has 0 radical (unpaired) electrons. The Morgan fingerprint density at radius 2 is 1.65 bits per heavy atom. The monoisotopic (exact) mass is 316 g/mol. The molecule has 0 saturated heterocycles. The van der Waals surface area contributed by atoms with Crippen LogP contribution in [0, 0.1) is 6.92 Å². The van der Waals surface area contributed by atoms with E-state index >= 15 is 0 Å². The predicted octanol–water partition coefficient (Wildman–Crippen LogP) is 3.09. The van der Waals surface area contributed by atoms with E-state index in [1.807, 2.05) is 24.3 Å². The van der Waals surface area contributed by atoms with Crippen LogP contribution in [0.2, 0.25) is 0 Å². The van der Waals surface area contributed by atoms with Gasteiger partial charge in [-0.3, -0.25) is 0 Å². The first-order valence-corrected chi connectivity index (χ1v) is 9.12. The second-order valence-electron chi connectivity index (χ2n) is 6.09. The average Bonchev–Trinajstić information content (AvgIpc) is 2.56. The van der Waals surface area contributed by atoms with E-state index in [9.17, 15) is 4.79 Å². The molecule has 0 heterocycles. The van der Waals surface area contributed by atoms with E-state index in [0.29, 0.717) is 11.2 Å². The van der Waals surface area contributed by atoms with E-state index < -0.39 is 0 Å². The quantitative estimate of drug-likeness (QED) is 0.626. The molecule has 1 aliphatic rings. The van der Waals surface area contributed by atoms with Gasteiger partial charge in [0.2, 0.25) is 0 Å². The molecule has 0 N–H and O–H groups in total. The van der Waals surface area contributed by atoms with E-state index in [0.717, 1.165) is 30.8 Å². The minimum atomic E-state index is 0. The molecule has 1 aliphatic carbocycles. The molecule has 1 fully saturated rings. The molecule has 23 heavy (non-hydrogen) atoms. The number of carbonyl (C=O) groups is 1. The third kappa shape index (κ3) is 4.57. The van der Waals surface area contributed by atoms with Gasteiger partial charge in [0, 0.05) is 5.52 Å². The summed E-state index contributed by atoms with van der Waals surface area (Å²) in [5, 5.41) is 0. The van der Waals surface area contributed by atoms with Gasteiger partial charge in [-0.15, -0.1) is 0 Å². The van der Waals surface area contributed by atoms with Gasteiger partial charge in [0.15, 0.2) is 0 Å². The Morgan fingerprint density at radius 1 is 0.957 bits per heavy atom. The standard InChI is InChI=1S/C20H22OP.Li/c1-15-9-8-14-18(16-10-4-2-5-11-16)19(15)20(21)22-17-12-6-3-7-13-17;/h2,4-5,8-11,14,17H,3,6-7,12-13H2,1H3;/q-1;+1.